The van der Waals surface area contributed by atoms with E-state index in [0.717, 1.165) is 18.2 Å². The highest BCUT2D eigenvalue weighted by Crippen LogP contribution is 2.36. The number of benzene rings is 2. The van der Waals surface area contributed by atoms with Gasteiger partial charge in [0.05, 0.1) is 5.56 Å². The summed E-state index contributed by atoms with van der Waals surface area (Å²) in [5, 5.41) is 11.9. The molecule has 0 aromatic heterocycles. The molecule has 0 heterocycles. The van der Waals surface area contributed by atoms with Gasteiger partial charge in [-0.3, -0.25) is 0 Å². The van der Waals surface area contributed by atoms with Gasteiger partial charge in [-0.25, -0.2) is 4.39 Å². The summed E-state index contributed by atoms with van der Waals surface area (Å²) in [6, 6.07) is 7.06. The zero-order valence-electron chi connectivity index (χ0n) is 10.5. The van der Waals surface area contributed by atoms with Crippen LogP contribution in [0.4, 0.5) is 23.2 Å². The third kappa shape index (κ3) is 4.10. The molecule has 21 heavy (non-hydrogen) atoms. The number of phenolic OH excluding ortho intramolecular Hbond substituents is 1. The minimum absolute atomic E-state index is 0.0456. The van der Waals surface area contributed by atoms with Gasteiger partial charge in [-0.2, -0.15) is 13.2 Å². The summed E-state index contributed by atoms with van der Waals surface area (Å²) in [6.45, 7) is -0.0456. The van der Waals surface area contributed by atoms with E-state index in [0.29, 0.717) is 10.0 Å². The zero-order chi connectivity index (χ0) is 15.6. The Morgan fingerprint density at radius 1 is 1.10 bits per heavy atom. The maximum Gasteiger partial charge on any atom is 0.418 e. The number of rotatable bonds is 3. The maximum atomic E-state index is 13.1. The molecule has 0 saturated heterocycles. The summed E-state index contributed by atoms with van der Waals surface area (Å²) in [5.41, 5.74) is -0.601. The molecule has 112 valence electrons. The number of phenols is 1. The van der Waals surface area contributed by atoms with Gasteiger partial charge in [0, 0.05) is 22.8 Å². The van der Waals surface area contributed by atoms with Crippen LogP contribution in [0, 0.1) is 5.82 Å². The van der Waals surface area contributed by atoms with Crippen LogP contribution < -0.4 is 5.32 Å². The van der Waals surface area contributed by atoms with Crippen molar-refractivity contribution < 1.29 is 22.7 Å². The molecule has 0 unspecified atom stereocenters. The SMILES string of the molecule is Oc1cc(F)cc(CNc2ccc(Br)cc2C(F)(F)F)c1. The Kier molecular flexibility index (Phi) is 4.41. The molecule has 2 nitrogen and oxygen atoms in total. The number of alkyl halides is 3. The fraction of sp³-hybridized carbons (Fsp3) is 0.143. The van der Waals surface area contributed by atoms with Crippen LogP contribution in [0.15, 0.2) is 40.9 Å². The van der Waals surface area contributed by atoms with Gasteiger partial charge in [-0.15, -0.1) is 0 Å². The summed E-state index contributed by atoms with van der Waals surface area (Å²) in [6.07, 6.45) is -4.50. The number of halogens is 5. The molecule has 0 aliphatic heterocycles. The fourth-order valence-electron chi connectivity index (χ4n) is 1.84. The van der Waals surface area contributed by atoms with E-state index >= 15 is 0 Å². The lowest BCUT2D eigenvalue weighted by Gasteiger charge is -2.15. The van der Waals surface area contributed by atoms with Crippen LogP contribution in [-0.4, -0.2) is 5.11 Å². The molecule has 0 radical (unpaired) electrons. The number of nitrogens with one attached hydrogen (secondary N) is 1. The smallest absolute Gasteiger partial charge is 0.418 e. The van der Waals surface area contributed by atoms with Gasteiger partial charge in [-0.1, -0.05) is 15.9 Å². The Labute approximate surface area is 126 Å². The monoisotopic (exact) mass is 363 g/mol. The third-order valence-corrected chi connectivity index (χ3v) is 3.21. The van der Waals surface area contributed by atoms with E-state index in [2.05, 4.69) is 21.2 Å². The van der Waals surface area contributed by atoms with Crippen molar-refractivity contribution in [1.29, 1.82) is 0 Å². The van der Waals surface area contributed by atoms with E-state index in [1.165, 1.54) is 18.2 Å². The van der Waals surface area contributed by atoms with Gasteiger partial charge in [0.1, 0.15) is 11.6 Å². The predicted molar refractivity (Wildman–Crippen MR) is 74.5 cm³/mol. The van der Waals surface area contributed by atoms with Crippen LogP contribution in [0.2, 0.25) is 0 Å². The Morgan fingerprint density at radius 2 is 1.81 bits per heavy atom. The standard InChI is InChI=1S/C14H10BrF4NO/c15-9-1-2-13(12(5-9)14(17,18)19)20-7-8-3-10(16)6-11(21)4-8/h1-6,20-21H,7H2. The Morgan fingerprint density at radius 3 is 2.43 bits per heavy atom. The Balaban J connectivity index is 2.24. The summed E-state index contributed by atoms with van der Waals surface area (Å²) < 4.78 is 52.2. The van der Waals surface area contributed by atoms with Crippen molar-refractivity contribution in [1.82, 2.24) is 0 Å². The number of anilines is 1. The second-order valence-corrected chi connectivity index (χ2v) is 5.27. The molecule has 0 amide bonds. The molecule has 2 rings (SSSR count). The van der Waals surface area contributed by atoms with E-state index in [4.69, 9.17) is 0 Å². The highest BCUT2D eigenvalue weighted by Gasteiger charge is 2.33. The quantitative estimate of drug-likeness (QED) is 0.758. The first-order valence-corrected chi connectivity index (χ1v) is 6.64. The lowest BCUT2D eigenvalue weighted by molar-refractivity contribution is -0.137. The van der Waals surface area contributed by atoms with Gasteiger partial charge >= 0.3 is 6.18 Å². The Bertz CT molecular complexity index is 638. The molecule has 0 saturated carbocycles. The van der Waals surface area contributed by atoms with Crippen molar-refractivity contribution in [3.8, 4) is 5.75 Å². The molecular weight excluding hydrogens is 354 g/mol. The molecule has 2 aromatic rings. The zero-order valence-corrected chi connectivity index (χ0v) is 12.1. The molecular formula is C14H10BrF4NO. The van der Waals surface area contributed by atoms with Crippen LogP contribution >= 0.6 is 15.9 Å². The second kappa shape index (κ2) is 5.93. The maximum absolute atomic E-state index is 13.1. The highest BCUT2D eigenvalue weighted by molar-refractivity contribution is 9.10. The molecule has 2 N–H and O–H groups in total. The summed E-state index contributed by atoms with van der Waals surface area (Å²) in [5.74, 6) is -0.933. The molecule has 7 heteroatoms. The van der Waals surface area contributed by atoms with E-state index in [-0.39, 0.29) is 18.0 Å². The third-order valence-electron chi connectivity index (χ3n) is 2.71. The van der Waals surface area contributed by atoms with E-state index in [1.807, 2.05) is 0 Å². The van der Waals surface area contributed by atoms with Crippen LogP contribution in [0.1, 0.15) is 11.1 Å². The highest BCUT2D eigenvalue weighted by atomic mass is 79.9. The minimum atomic E-state index is -4.50. The van der Waals surface area contributed by atoms with Crippen LogP contribution in [0.5, 0.6) is 5.75 Å². The Hall–Kier alpha value is -1.76. The minimum Gasteiger partial charge on any atom is -0.508 e. The van der Waals surface area contributed by atoms with Crippen LogP contribution in [0.25, 0.3) is 0 Å². The molecule has 0 atom stereocenters. The fourth-order valence-corrected chi connectivity index (χ4v) is 2.20. The van der Waals surface area contributed by atoms with Gasteiger partial charge in [0.25, 0.3) is 0 Å². The van der Waals surface area contributed by atoms with E-state index in [1.54, 1.807) is 0 Å². The summed E-state index contributed by atoms with van der Waals surface area (Å²) in [4.78, 5) is 0. The number of aromatic hydroxyl groups is 1. The van der Waals surface area contributed by atoms with Gasteiger partial charge in [0.2, 0.25) is 0 Å². The van der Waals surface area contributed by atoms with Crippen molar-refractivity contribution in [2.45, 2.75) is 12.7 Å². The van der Waals surface area contributed by atoms with Crippen molar-refractivity contribution >= 4 is 21.6 Å². The normalized spacial score (nSPS) is 11.5. The number of hydrogen-bond acceptors (Lipinski definition) is 2. The molecule has 0 aliphatic carbocycles. The average Bonchev–Trinajstić information content (AvgIpc) is 2.35. The first-order valence-electron chi connectivity index (χ1n) is 5.85. The molecule has 0 spiro atoms. The first-order chi connectivity index (χ1) is 9.75. The van der Waals surface area contributed by atoms with Gasteiger partial charge in [0.15, 0.2) is 0 Å². The lowest BCUT2D eigenvalue weighted by atomic mass is 10.1. The second-order valence-electron chi connectivity index (χ2n) is 4.36. The van der Waals surface area contributed by atoms with Gasteiger partial charge < -0.3 is 10.4 Å². The van der Waals surface area contributed by atoms with Gasteiger partial charge in [-0.05, 0) is 35.9 Å². The largest absolute Gasteiger partial charge is 0.508 e. The molecule has 2 aromatic carbocycles. The van der Waals surface area contributed by atoms with E-state index < -0.39 is 17.6 Å². The summed E-state index contributed by atoms with van der Waals surface area (Å²) >= 11 is 2.99. The molecule has 0 fully saturated rings. The lowest BCUT2D eigenvalue weighted by Crippen LogP contribution is -2.11. The van der Waals surface area contributed by atoms with Crippen molar-refractivity contribution in [2.75, 3.05) is 5.32 Å². The van der Waals surface area contributed by atoms with Crippen LogP contribution in [0.3, 0.4) is 0 Å². The molecule has 0 aliphatic rings. The van der Waals surface area contributed by atoms with Crippen molar-refractivity contribution in [2.24, 2.45) is 0 Å². The molecule has 0 bridgehead atoms. The average molecular weight is 364 g/mol. The van der Waals surface area contributed by atoms with Crippen LogP contribution in [-0.2, 0) is 12.7 Å². The number of hydrogen-bond donors (Lipinski definition) is 2. The van der Waals surface area contributed by atoms with E-state index in [9.17, 15) is 22.7 Å². The van der Waals surface area contributed by atoms with Crippen molar-refractivity contribution in [3.05, 3.63) is 57.8 Å². The topological polar surface area (TPSA) is 32.3 Å². The first kappa shape index (κ1) is 15.6. The summed E-state index contributed by atoms with van der Waals surface area (Å²) in [7, 11) is 0. The predicted octanol–water partition coefficient (Wildman–Crippen LogP) is 4.92. The van der Waals surface area contributed by atoms with Crippen molar-refractivity contribution in [3.63, 3.8) is 0 Å².